The molecule has 0 amide bonds. The third kappa shape index (κ3) is 4.29. The van der Waals surface area contributed by atoms with Crippen molar-refractivity contribution in [3.63, 3.8) is 0 Å². The SMILES string of the molecule is Cc1cccnc1CN(Cc1cccnc1C#N)Cc1ncccc1C. The van der Waals surface area contributed by atoms with E-state index in [2.05, 4.69) is 51.9 Å². The number of nitriles is 1. The minimum absolute atomic E-state index is 0.466. The lowest BCUT2D eigenvalue weighted by Crippen LogP contribution is -2.25. The van der Waals surface area contributed by atoms with Crippen molar-refractivity contribution in [2.75, 3.05) is 0 Å². The molecule has 3 aromatic heterocycles. The van der Waals surface area contributed by atoms with E-state index in [0.29, 0.717) is 25.3 Å². The minimum Gasteiger partial charge on any atom is -0.287 e. The molecule has 0 bridgehead atoms. The van der Waals surface area contributed by atoms with E-state index in [9.17, 15) is 5.26 Å². The molecule has 3 heterocycles. The van der Waals surface area contributed by atoms with Crippen LogP contribution in [0.2, 0.25) is 0 Å². The third-order valence-corrected chi connectivity index (χ3v) is 4.37. The van der Waals surface area contributed by atoms with Gasteiger partial charge in [0.15, 0.2) is 0 Å². The van der Waals surface area contributed by atoms with Gasteiger partial charge in [-0.25, -0.2) is 4.98 Å². The van der Waals surface area contributed by atoms with Crippen molar-refractivity contribution in [3.05, 3.63) is 88.8 Å². The highest BCUT2D eigenvalue weighted by atomic mass is 15.1. The van der Waals surface area contributed by atoms with Crippen LogP contribution in [0.15, 0.2) is 55.0 Å². The first-order valence-corrected chi connectivity index (χ1v) is 8.54. The van der Waals surface area contributed by atoms with Gasteiger partial charge in [0, 0.05) is 43.8 Å². The summed E-state index contributed by atoms with van der Waals surface area (Å²) < 4.78 is 0. The van der Waals surface area contributed by atoms with Crippen LogP contribution in [0.3, 0.4) is 0 Å². The number of aryl methyl sites for hydroxylation is 2. The van der Waals surface area contributed by atoms with Crippen LogP contribution in [0.25, 0.3) is 0 Å². The van der Waals surface area contributed by atoms with Crippen LogP contribution >= 0.6 is 0 Å². The van der Waals surface area contributed by atoms with Crippen LogP contribution in [0.4, 0.5) is 0 Å². The summed E-state index contributed by atoms with van der Waals surface area (Å²) in [6, 6.07) is 14.0. The molecule has 5 nitrogen and oxygen atoms in total. The average molecular weight is 343 g/mol. The van der Waals surface area contributed by atoms with Gasteiger partial charge in [0.2, 0.25) is 0 Å². The van der Waals surface area contributed by atoms with Crippen molar-refractivity contribution in [1.82, 2.24) is 19.9 Å². The van der Waals surface area contributed by atoms with E-state index in [-0.39, 0.29) is 0 Å². The summed E-state index contributed by atoms with van der Waals surface area (Å²) in [5.41, 5.74) is 5.75. The lowest BCUT2D eigenvalue weighted by molar-refractivity contribution is 0.240. The van der Waals surface area contributed by atoms with Crippen molar-refractivity contribution < 1.29 is 0 Å². The van der Waals surface area contributed by atoms with E-state index in [1.54, 1.807) is 6.20 Å². The number of pyridine rings is 3. The quantitative estimate of drug-likeness (QED) is 0.684. The van der Waals surface area contributed by atoms with Gasteiger partial charge in [-0.3, -0.25) is 14.9 Å². The Hall–Kier alpha value is -3.10. The molecule has 3 aromatic rings. The second-order valence-corrected chi connectivity index (χ2v) is 6.30. The Labute approximate surface area is 154 Å². The molecule has 0 unspecified atom stereocenters. The maximum Gasteiger partial charge on any atom is 0.144 e. The first-order chi connectivity index (χ1) is 12.7. The second kappa shape index (κ2) is 8.32. The van der Waals surface area contributed by atoms with E-state index in [1.807, 2.05) is 36.7 Å². The van der Waals surface area contributed by atoms with Gasteiger partial charge in [-0.15, -0.1) is 0 Å². The maximum absolute atomic E-state index is 9.34. The molecule has 5 heteroatoms. The van der Waals surface area contributed by atoms with E-state index in [4.69, 9.17) is 0 Å². The molecule has 0 aliphatic heterocycles. The standard InChI is InChI=1S/C21H21N5/c1-16-6-3-9-24-20(16)14-26(15-21-17(2)7-4-10-25-21)13-18-8-5-11-23-19(18)12-22/h3-11H,13-15H2,1-2H3. The van der Waals surface area contributed by atoms with E-state index < -0.39 is 0 Å². The highest BCUT2D eigenvalue weighted by molar-refractivity contribution is 5.30. The highest BCUT2D eigenvalue weighted by Gasteiger charge is 2.14. The Balaban J connectivity index is 1.89. The predicted molar refractivity (Wildman–Crippen MR) is 99.9 cm³/mol. The molecule has 0 saturated heterocycles. The van der Waals surface area contributed by atoms with Crippen molar-refractivity contribution in [3.8, 4) is 6.07 Å². The fourth-order valence-electron chi connectivity index (χ4n) is 2.87. The summed E-state index contributed by atoms with van der Waals surface area (Å²) in [6.07, 6.45) is 5.28. The molecule has 0 aliphatic carbocycles. The smallest absolute Gasteiger partial charge is 0.144 e. The summed E-state index contributed by atoms with van der Waals surface area (Å²) in [7, 11) is 0. The number of aromatic nitrogens is 3. The van der Waals surface area contributed by atoms with Crippen LogP contribution in [-0.4, -0.2) is 19.9 Å². The van der Waals surface area contributed by atoms with Crippen molar-refractivity contribution in [1.29, 1.82) is 5.26 Å². The zero-order chi connectivity index (χ0) is 18.4. The van der Waals surface area contributed by atoms with Gasteiger partial charge in [-0.2, -0.15) is 5.26 Å². The lowest BCUT2D eigenvalue weighted by Gasteiger charge is -2.23. The largest absolute Gasteiger partial charge is 0.287 e. The lowest BCUT2D eigenvalue weighted by atomic mass is 10.1. The Bertz CT molecular complexity index is 882. The van der Waals surface area contributed by atoms with Crippen molar-refractivity contribution >= 4 is 0 Å². The number of hydrogen-bond acceptors (Lipinski definition) is 5. The normalized spacial score (nSPS) is 10.7. The minimum atomic E-state index is 0.466. The summed E-state index contributed by atoms with van der Waals surface area (Å²) in [6.45, 7) is 6.11. The monoisotopic (exact) mass is 343 g/mol. The second-order valence-electron chi connectivity index (χ2n) is 6.30. The Morgan fingerprint density at radius 2 is 1.35 bits per heavy atom. The van der Waals surface area contributed by atoms with Crippen molar-refractivity contribution in [2.45, 2.75) is 33.5 Å². The van der Waals surface area contributed by atoms with Gasteiger partial charge < -0.3 is 0 Å². The van der Waals surface area contributed by atoms with E-state index in [1.165, 1.54) is 0 Å². The van der Waals surface area contributed by atoms with Gasteiger partial charge in [0.25, 0.3) is 0 Å². The molecule has 0 N–H and O–H groups in total. The van der Waals surface area contributed by atoms with Gasteiger partial charge in [-0.1, -0.05) is 18.2 Å². The molecule has 0 spiro atoms. The molecular formula is C21H21N5. The third-order valence-electron chi connectivity index (χ3n) is 4.37. The van der Waals surface area contributed by atoms with E-state index in [0.717, 1.165) is 28.1 Å². The molecule has 0 fully saturated rings. The topological polar surface area (TPSA) is 65.7 Å². The Morgan fingerprint density at radius 1 is 0.808 bits per heavy atom. The zero-order valence-corrected chi connectivity index (χ0v) is 15.1. The Morgan fingerprint density at radius 3 is 1.88 bits per heavy atom. The first kappa shape index (κ1) is 17.7. The summed E-state index contributed by atoms with van der Waals surface area (Å²) in [5, 5.41) is 9.34. The number of hydrogen-bond donors (Lipinski definition) is 0. The van der Waals surface area contributed by atoms with Crippen molar-refractivity contribution in [2.24, 2.45) is 0 Å². The van der Waals surface area contributed by atoms with Crippen LogP contribution in [0.1, 0.15) is 33.8 Å². The first-order valence-electron chi connectivity index (χ1n) is 8.54. The number of rotatable bonds is 6. The zero-order valence-electron chi connectivity index (χ0n) is 15.1. The van der Waals surface area contributed by atoms with Gasteiger partial charge in [0.05, 0.1) is 11.4 Å². The van der Waals surface area contributed by atoms with Gasteiger partial charge in [-0.05, 0) is 43.2 Å². The summed E-state index contributed by atoms with van der Waals surface area (Å²) in [5.74, 6) is 0. The van der Waals surface area contributed by atoms with Gasteiger partial charge >= 0.3 is 0 Å². The molecule has 0 saturated carbocycles. The Kier molecular flexibility index (Phi) is 5.67. The molecule has 0 radical (unpaired) electrons. The summed E-state index contributed by atoms with van der Waals surface area (Å²) in [4.78, 5) is 15.5. The van der Waals surface area contributed by atoms with Crippen LogP contribution in [0, 0.1) is 25.2 Å². The molecule has 3 rings (SSSR count). The fraction of sp³-hybridized carbons (Fsp3) is 0.238. The highest BCUT2D eigenvalue weighted by Crippen LogP contribution is 2.17. The molecular weight excluding hydrogens is 322 g/mol. The van der Waals surface area contributed by atoms with Gasteiger partial charge in [0.1, 0.15) is 11.8 Å². The molecule has 0 aliphatic rings. The fourth-order valence-corrected chi connectivity index (χ4v) is 2.87. The van der Waals surface area contributed by atoms with Crippen LogP contribution in [0.5, 0.6) is 0 Å². The maximum atomic E-state index is 9.34. The average Bonchev–Trinajstić information content (AvgIpc) is 2.66. The molecule has 0 atom stereocenters. The van der Waals surface area contributed by atoms with E-state index >= 15 is 0 Å². The molecule has 26 heavy (non-hydrogen) atoms. The van der Waals surface area contributed by atoms with Crippen LogP contribution < -0.4 is 0 Å². The molecule has 130 valence electrons. The summed E-state index contributed by atoms with van der Waals surface area (Å²) >= 11 is 0. The van der Waals surface area contributed by atoms with Crippen LogP contribution in [-0.2, 0) is 19.6 Å². The molecule has 0 aromatic carbocycles. The number of nitrogens with zero attached hydrogens (tertiary/aromatic N) is 5. The predicted octanol–water partition coefficient (Wildman–Crippen LogP) is 3.56.